The van der Waals surface area contributed by atoms with Gasteiger partial charge in [0.05, 0.1) is 23.6 Å². The van der Waals surface area contributed by atoms with E-state index >= 15 is 0 Å². The van der Waals surface area contributed by atoms with Crippen LogP contribution in [0, 0.1) is 5.82 Å². The van der Waals surface area contributed by atoms with Crippen molar-refractivity contribution in [2.24, 2.45) is 0 Å². The fourth-order valence-electron chi connectivity index (χ4n) is 4.31. The molecule has 32 heavy (non-hydrogen) atoms. The molecule has 0 bridgehead atoms. The number of hydrogen-bond donors (Lipinski definition) is 1. The van der Waals surface area contributed by atoms with E-state index in [0.717, 1.165) is 70.9 Å². The Bertz CT molecular complexity index is 1410. The average molecular weight is 427 g/mol. The molecule has 0 saturated carbocycles. The van der Waals surface area contributed by atoms with Gasteiger partial charge in [-0.3, -0.25) is 5.10 Å². The van der Waals surface area contributed by atoms with Crippen LogP contribution >= 0.6 is 0 Å². The molecular weight excluding hydrogens is 405 g/mol. The monoisotopic (exact) mass is 427 g/mol. The van der Waals surface area contributed by atoms with Gasteiger partial charge in [-0.15, -0.1) is 5.10 Å². The largest absolute Gasteiger partial charge is 0.353 e. The fraction of sp³-hybridized carbons (Fsp3) is 0.208. The first kappa shape index (κ1) is 18.9. The molecule has 1 fully saturated rings. The summed E-state index contributed by atoms with van der Waals surface area (Å²) in [6.45, 7) is 3.84. The lowest BCUT2D eigenvalue weighted by molar-refractivity contribution is 0.311. The number of aromatic nitrogens is 5. The molecule has 0 radical (unpaired) electrons. The van der Waals surface area contributed by atoms with Gasteiger partial charge < -0.3 is 9.80 Å². The molecule has 1 aliphatic heterocycles. The SMILES string of the molecule is CN1CCN(c2cc(-c3cccc4[nH]ncc34)c3nc(-c4ccc(F)cc4)cn3n2)CC1. The fourth-order valence-corrected chi connectivity index (χ4v) is 4.31. The number of aromatic amines is 1. The molecule has 5 aromatic rings. The third kappa shape index (κ3) is 3.20. The number of hydrogen-bond acceptors (Lipinski definition) is 5. The van der Waals surface area contributed by atoms with Crippen molar-refractivity contribution < 1.29 is 4.39 Å². The first-order valence-electron chi connectivity index (χ1n) is 10.7. The zero-order chi connectivity index (χ0) is 21.7. The summed E-state index contributed by atoms with van der Waals surface area (Å²) in [4.78, 5) is 9.54. The second kappa shape index (κ2) is 7.42. The van der Waals surface area contributed by atoms with E-state index in [1.807, 2.05) is 29.0 Å². The van der Waals surface area contributed by atoms with Gasteiger partial charge in [-0.1, -0.05) is 12.1 Å². The lowest BCUT2D eigenvalue weighted by Gasteiger charge is -2.33. The molecule has 4 heterocycles. The number of benzene rings is 2. The summed E-state index contributed by atoms with van der Waals surface area (Å²) in [5, 5.41) is 13.2. The quantitative estimate of drug-likeness (QED) is 0.474. The summed E-state index contributed by atoms with van der Waals surface area (Å²) in [5.74, 6) is 0.657. The van der Waals surface area contributed by atoms with Crippen molar-refractivity contribution in [3.8, 4) is 22.4 Å². The highest BCUT2D eigenvalue weighted by Gasteiger charge is 2.20. The molecule has 0 spiro atoms. The van der Waals surface area contributed by atoms with Crippen LogP contribution in [-0.2, 0) is 0 Å². The van der Waals surface area contributed by atoms with Crippen LogP contribution in [0.5, 0.6) is 0 Å². The van der Waals surface area contributed by atoms with Crippen LogP contribution in [0.2, 0.25) is 0 Å². The molecule has 8 heteroatoms. The third-order valence-electron chi connectivity index (χ3n) is 6.15. The number of nitrogens with zero attached hydrogens (tertiary/aromatic N) is 6. The summed E-state index contributed by atoms with van der Waals surface area (Å²) < 4.78 is 15.3. The minimum absolute atomic E-state index is 0.264. The molecule has 0 atom stereocenters. The maximum absolute atomic E-state index is 13.4. The highest BCUT2D eigenvalue weighted by atomic mass is 19.1. The van der Waals surface area contributed by atoms with Crippen molar-refractivity contribution in [1.29, 1.82) is 0 Å². The Morgan fingerprint density at radius 3 is 2.59 bits per heavy atom. The van der Waals surface area contributed by atoms with E-state index in [9.17, 15) is 4.39 Å². The molecule has 0 aliphatic carbocycles. The molecule has 0 unspecified atom stereocenters. The topological polar surface area (TPSA) is 65.3 Å². The van der Waals surface area contributed by atoms with E-state index in [1.54, 1.807) is 12.1 Å². The predicted octanol–water partition coefficient (Wildman–Crippen LogP) is 3.83. The number of imidazole rings is 1. The number of likely N-dealkylation sites (N-methyl/N-ethyl adjacent to an activating group) is 1. The number of rotatable bonds is 3. The highest BCUT2D eigenvalue weighted by molar-refractivity contribution is 5.98. The normalized spacial score (nSPS) is 15.1. The summed E-state index contributed by atoms with van der Waals surface area (Å²) in [5.41, 5.74) is 5.39. The van der Waals surface area contributed by atoms with Gasteiger partial charge in [0.25, 0.3) is 0 Å². The second-order valence-electron chi connectivity index (χ2n) is 8.24. The number of fused-ring (bicyclic) bond motifs is 2. The van der Waals surface area contributed by atoms with Crippen LogP contribution in [0.25, 0.3) is 38.9 Å². The van der Waals surface area contributed by atoms with Gasteiger partial charge in [-0.2, -0.15) is 5.10 Å². The van der Waals surface area contributed by atoms with Crippen molar-refractivity contribution in [2.45, 2.75) is 0 Å². The number of halogens is 1. The smallest absolute Gasteiger partial charge is 0.162 e. The van der Waals surface area contributed by atoms with Crippen molar-refractivity contribution >= 4 is 22.4 Å². The Hall–Kier alpha value is -3.78. The predicted molar refractivity (Wildman–Crippen MR) is 123 cm³/mol. The first-order valence-corrected chi connectivity index (χ1v) is 10.7. The Morgan fingerprint density at radius 1 is 0.969 bits per heavy atom. The zero-order valence-corrected chi connectivity index (χ0v) is 17.7. The van der Waals surface area contributed by atoms with Crippen molar-refractivity contribution in [2.75, 3.05) is 38.1 Å². The molecular formula is C24H22FN7. The molecule has 1 N–H and O–H groups in total. The minimum atomic E-state index is -0.264. The van der Waals surface area contributed by atoms with Crippen molar-refractivity contribution in [1.82, 2.24) is 29.7 Å². The molecule has 160 valence electrons. The Morgan fingerprint density at radius 2 is 1.78 bits per heavy atom. The van der Waals surface area contributed by atoms with Crippen molar-refractivity contribution in [3.05, 3.63) is 66.7 Å². The molecule has 1 saturated heterocycles. The van der Waals surface area contributed by atoms with Crippen LogP contribution in [0.4, 0.5) is 10.2 Å². The lowest BCUT2D eigenvalue weighted by atomic mass is 10.0. The van der Waals surface area contributed by atoms with E-state index in [4.69, 9.17) is 10.1 Å². The maximum Gasteiger partial charge on any atom is 0.162 e. The Balaban J connectivity index is 1.56. The van der Waals surface area contributed by atoms with Gasteiger partial charge in [0.1, 0.15) is 11.6 Å². The van der Waals surface area contributed by atoms with E-state index in [-0.39, 0.29) is 5.82 Å². The highest BCUT2D eigenvalue weighted by Crippen LogP contribution is 2.34. The Kier molecular flexibility index (Phi) is 4.39. The summed E-state index contributed by atoms with van der Waals surface area (Å²) in [6, 6.07) is 14.7. The van der Waals surface area contributed by atoms with Crippen LogP contribution < -0.4 is 4.90 Å². The first-order chi connectivity index (χ1) is 15.7. The van der Waals surface area contributed by atoms with E-state index in [2.05, 4.69) is 39.2 Å². The summed E-state index contributed by atoms with van der Waals surface area (Å²) in [6.07, 6.45) is 3.77. The maximum atomic E-state index is 13.4. The van der Waals surface area contributed by atoms with Gasteiger partial charge >= 0.3 is 0 Å². The van der Waals surface area contributed by atoms with Crippen LogP contribution in [0.3, 0.4) is 0 Å². The summed E-state index contributed by atoms with van der Waals surface area (Å²) in [7, 11) is 2.14. The zero-order valence-electron chi connectivity index (χ0n) is 17.7. The van der Waals surface area contributed by atoms with Crippen LogP contribution in [0.15, 0.2) is 60.9 Å². The average Bonchev–Trinajstić information content (AvgIpc) is 3.46. The van der Waals surface area contributed by atoms with Gasteiger partial charge in [-0.05, 0) is 49.0 Å². The second-order valence-corrected chi connectivity index (χ2v) is 8.24. The van der Waals surface area contributed by atoms with E-state index < -0.39 is 0 Å². The molecule has 3 aromatic heterocycles. The minimum Gasteiger partial charge on any atom is -0.353 e. The molecule has 0 amide bonds. The van der Waals surface area contributed by atoms with E-state index in [0.29, 0.717) is 0 Å². The molecule has 6 rings (SSSR count). The van der Waals surface area contributed by atoms with Gasteiger partial charge in [-0.25, -0.2) is 13.9 Å². The number of nitrogens with one attached hydrogen (secondary N) is 1. The van der Waals surface area contributed by atoms with Gasteiger partial charge in [0, 0.05) is 42.7 Å². The van der Waals surface area contributed by atoms with Crippen LogP contribution in [-0.4, -0.2) is 62.9 Å². The molecule has 7 nitrogen and oxygen atoms in total. The Labute approximate surface area is 184 Å². The lowest BCUT2D eigenvalue weighted by Crippen LogP contribution is -2.45. The van der Waals surface area contributed by atoms with E-state index in [1.165, 1.54) is 12.1 Å². The standard InChI is InChI=1S/C24H22FN7/c1-30-9-11-31(12-10-30)23-13-19(18-3-2-4-21-20(18)14-26-28-21)24-27-22(15-32(24)29-23)16-5-7-17(25)8-6-16/h2-8,13-15H,9-12H2,1H3,(H,26,28). The number of H-pyrrole nitrogens is 1. The van der Waals surface area contributed by atoms with Crippen molar-refractivity contribution in [3.63, 3.8) is 0 Å². The molecule has 2 aromatic carbocycles. The molecule has 1 aliphatic rings. The summed E-state index contributed by atoms with van der Waals surface area (Å²) >= 11 is 0. The van der Waals surface area contributed by atoms with Crippen LogP contribution in [0.1, 0.15) is 0 Å². The third-order valence-corrected chi connectivity index (χ3v) is 6.15. The van der Waals surface area contributed by atoms with Gasteiger partial charge in [0.2, 0.25) is 0 Å². The number of anilines is 1. The number of piperazine rings is 1. The van der Waals surface area contributed by atoms with Gasteiger partial charge in [0.15, 0.2) is 5.65 Å².